The summed E-state index contributed by atoms with van der Waals surface area (Å²) in [5.41, 5.74) is 0. The summed E-state index contributed by atoms with van der Waals surface area (Å²) < 4.78 is 5.30. The summed E-state index contributed by atoms with van der Waals surface area (Å²) in [6, 6.07) is 1.47. The van der Waals surface area contributed by atoms with Gasteiger partial charge in [0.05, 0.1) is 6.10 Å². The van der Waals surface area contributed by atoms with Gasteiger partial charge in [0.2, 0.25) is 0 Å². The second-order valence-corrected chi connectivity index (χ2v) is 5.12. The van der Waals surface area contributed by atoms with Gasteiger partial charge in [0.15, 0.2) is 0 Å². The first-order valence-electron chi connectivity index (χ1n) is 6.25. The van der Waals surface area contributed by atoms with Crippen LogP contribution in [0.4, 0.5) is 0 Å². The molecular formula is C12H24N2O. The normalized spacial score (nSPS) is 38.4. The Bertz CT molecular complexity index is 192. The van der Waals surface area contributed by atoms with Crippen LogP contribution in [-0.4, -0.2) is 50.3 Å². The maximum atomic E-state index is 5.30. The van der Waals surface area contributed by atoms with E-state index >= 15 is 0 Å². The summed E-state index contributed by atoms with van der Waals surface area (Å²) >= 11 is 0. The van der Waals surface area contributed by atoms with Crippen molar-refractivity contribution in [3.63, 3.8) is 0 Å². The summed E-state index contributed by atoms with van der Waals surface area (Å²) in [4.78, 5) is 2.44. The molecule has 0 aromatic heterocycles. The molecule has 0 radical (unpaired) electrons. The van der Waals surface area contributed by atoms with E-state index in [-0.39, 0.29) is 0 Å². The van der Waals surface area contributed by atoms with E-state index in [1.807, 2.05) is 7.11 Å². The zero-order valence-electron chi connectivity index (χ0n) is 10.0. The number of methoxy groups -OCH3 is 1. The standard InChI is InChI=1S/C12H24N2O/c1-14-6-3-4-10(5-7-14)13-11-8-12(9-11)15-2/h10-13H,3-9H2,1-2H3. The molecule has 1 unspecified atom stereocenters. The average Bonchev–Trinajstić information content (AvgIpc) is 2.36. The van der Waals surface area contributed by atoms with E-state index in [0.29, 0.717) is 6.10 Å². The second-order valence-electron chi connectivity index (χ2n) is 5.12. The molecule has 2 aliphatic rings. The van der Waals surface area contributed by atoms with Crippen LogP contribution in [0.25, 0.3) is 0 Å². The molecule has 3 nitrogen and oxygen atoms in total. The number of likely N-dealkylation sites (tertiary alicyclic amines) is 1. The van der Waals surface area contributed by atoms with E-state index < -0.39 is 0 Å². The summed E-state index contributed by atoms with van der Waals surface area (Å²) in [6.45, 7) is 2.52. The highest BCUT2D eigenvalue weighted by Gasteiger charge is 2.30. The Morgan fingerprint density at radius 3 is 2.67 bits per heavy atom. The van der Waals surface area contributed by atoms with Gasteiger partial charge in [-0.05, 0) is 52.2 Å². The third-order valence-electron chi connectivity index (χ3n) is 3.85. The highest BCUT2D eigenvalue weighted by molar-refractivity contribution is 4.88. The summed E-state index contributed by atoms with van der Waals surface area (Å²) in [5, 5.41) is 3.77. The van der Waals surface area contributed by atoms with E-state index in [9.17, 15) is 0 Å². The van der Waals surface area contributed by atoms with Crippen LogP contribution >= 0.6 is 0 Å². The topological polar surface area (TPSA) is 24.5 Å². The first kappa shape index (κ1) is 11.4. The van der Waals surface area contributed by atoms with Gasteiger partial charge in [-0.15, -0.1) is 0 Å². The maximum absolute atomic E-state index is 5.30. The van der Waals surface area contributed by atoms with Crippen LogP contribution in [0, 0.1) is 0 Å². The number of rotatable bonds is 3. The zero-order chi connectivity index (χ0) is 10.7. The second kappa shape index (κ2) is 5.28. The molecule has 15 heavy (non-hydrogen) atoms. The minimum atomic E-state index is 0.524. The van der Waals surface area contributed by atoms with Crippen molar-refractivity contribution in [3.8, 4) is 0 Å². The lowest BCUT2D eigenvalue weighted by Gasteiger charge is -2.37. The molecule has 0 amide bonds. The van der Waals surface area contributed by atoms with Crippen molar-refractivity contribution in [2.24, 2.45) is 0 Å². The minimum Gasteiger partial charge on any atom is -0.381 e. The van der Waals surface area contributed by atoms with Gasteiger partial charge in [-0.25, -0.2) is 0 Å². The molecule has 2 rings (SSSR count). The Hall–Kier alpha value is -0.120. The average molecular weight is 212 g/mol. The van der Waals surface area contributed by atoms with Crippen LogP contribution in [0.5, 0.6) is 0 Å². The fraction of sp³-hybridized carbons (Fsp3) is 1.00. The van der Waals surface area contributed by atoms with Gasteiger partial charge in [-0.3, -0.25) is 0 Å². The van der Waals surface area contributed by atoms with Crippen molar-refractivity contribution in [1.29, 1.82) is 0 Å². The lowest BCUT2D eigenvalue weighted by molar-refractivity contribution is 0.0137. The molecule has 88 valence electrons. The number of nitrogens with one attached hydrogen (secondary N) is 1. The largest absolute Gasteiger partial charge is 0.381 e. The fourth-order valence-corrected chi connectivity index (χ4v) is 2.63. The quantitative estimate of drug-likeness (QED) is 0.762. The van der Waals surface area contributed by atoms with Gasteiger partial charge >= 0.3 is 0 Å². The van der Waals surface area contributed by atoms with Crippen molar-refractivity contribution < 1.29 is 4.74 Å². The third-order valence-corrected chi connectivity index (χ3v) is 3.85. The van der Waals surface area contributed by atoms with Gasteiger partial charge in [0.25, 0.3) is 0 Å². The molecule has 1 aliphatic heterocycles. The number of nitrogens with zero attached hydrogens (tertiary/aromatic N) is 1. The molecule has 3 heteroatoms. The van der Waals surface area contributed by atoms with Gasteiger partial charge in [-0.2, -0.15) is 0 Å². The zero-order valence-corrected chi connectivity index (χ0v) is 10.0. The predicted molar refractivity (Wildman–Crippen MR) is 62.1 cm³/mol. The summed E-state index contributed by atoms with van der Waals surface area (Å²) in [6.07, 6.45) is 6.94. The predicted octanol–water partition coefficient (Wildman–Crippen LogP) is 1.24. The highest BCUT2D eigenvalue weighted by atomic mass is 16.5. The smallest absolute Gasteiger partial charge is 0.0601 e. The molecule has 1 saturated heterocycles. The van der Waals surface area contributed by atoms with Gasteiger partial charge in [0.1, 0.15) is 0 Å². The molecule has 1 saturated carbocycles. The molecule has 1 heterocycles. The van der Waals surface area contributed by atoms with E-state index in [1.165, 1.54) is 45.2 Å². The Morgan fingerprint density at radius 1 is 1.13 bits per heavy atom. The van der Waals surface area contributed by atoms with Crippen LogP contribution in [0.1, 0.15) is 32.1 Å². The van der Waals surface area contributed by atoms with Crippen molar-refractivity contribution in [2.75, 3.05) is 27.2 Å². The number of hydrogen-bond acceptors (Lipinski definition) is 3. The lowest BCUT2D eigenvalue weighted by atomic mass is 9.88. The monoisotopic (exact) mass is 212 g/mol. The molecule has 0 aromatic rings. The van der Waals surface area contributed by atoms with E-state index in [2.05, 4.69) is 17.3 Å². The highest BCUT2D eigenvalue weighted by Crippen LogP contribution is 2.24. The molecule has 0 spiro atoms. The fourth-order valence-electron chi connectivity index (χ4n) is 2.63. The van der Waals surface area contributed by atoms with Crippen LogP contribution < -0.4 is 5.32 Å². The van der Waals surface area contributed by atoms with Crippen LogP contribution in [0.2, 0.25) is 0 Å². The van der Waals surface area contributed by atoms with Crippen molar-refractivity contribution >= 4 is 0 Å². The Balaban J connectivity index is 1.66. The molecule has 0 aromatic carbocycles. The first-order valence-corrected chi connectivity index (χ1v) is 6.25. The van der Waals surface area contributed by atoms with E-state index in [0.717, 1.165) is 12.1 Å². The van der Waals surface area contributed by atoms with Gasteiger partial charge in [-0.1, -0.05) is 0 Å². The van der Waals surface area contributed by atoms with Gasteiger partial charge in [0, 0.05) is 19.2 Å². The molecule has 0 bridgehead atoms. The maximum Gasteiger partial charge on any atom is 0.0601 e. The third kappa shape index (κ3) is 3.16. The van der Waals surface area contributed by atoms with Crippen molar-refractivity contribution in [3.05, 3.63) is 0 Å². The van der Waals surface area contributed by atoms with E-state index in [4.69, 9.17) is 4.74 Å². The molecule has 2 fully saturated rings. The van der Waals surface area contributed by atoms with Gasteiger partial charge < -0.3 is 15.0 Å². The number of ether oxygens (including phenoxy) is 1. The Labute approximate surface area is 93.2 Å². The molecule has 1 aliphatic carbocycles. The Kier molecular flexibility index (Phi) is 4.00. The van der Waals surface area contributed by atoms with Crippen LogP contribution in [-0.2, 0) is 4.74 Å². The van der Waals surface area contributed by atoms with Crippen LogP contribution in [0.15, 0.2) is 0 Å². The number of hydrogen-bond donors (Lipinski definition) is 1. The molecule has 1 atom stereocenters. The summed E-state index contributed by atoms with van der Waals surface area (Å²) in [7, 11) is 4.05. The minimum absolute atomic E-state index is 0.524. The lowest BCUT2D eigenvalue weighted by Crippen LogP contribution is -2.49. The van der Waals surface area contributed by atoms with E-state index in [1.54, 1.807) is 0 Å². The summed E-state index contributed by atoms with van der Waals surface area (Å²) in [5.74, 6) is 0. The molecular weight excluding hydrogens is 188 g/mol. The first-order chi connectivity index (χ1) is 7.28. The van der Waals surface area contributed by atoms with Crippen molar-refractivity contribution in [2.45, 2.75) is 50.3 Å². The van der Waals surface area contributed by atoms with Crippen LogP contribution in [0.3, 0.4) is 0 Å². The SMILES string of the molecule is COC1CC(NC2CCCN(C)CC2)C1. The molecule has 1 N–H and O–H groups in total. The van der Waals surface area contributed by atoms with Crippen molar-refractivity contribution in [1.82, 2.24) is 10.2 Å². The Morgan fingerprint density at radius 2 is 1.93 bits per heavy atom.